The number of alkyl halides is 3. The summed E-state index contributed by atoms with van der Waals surface area (Å²) in [6, 6.07) is 5.34. The average molecular weight is 445 g/mol. The molecular formula is C23H19F4N3O2. The maximum absolute atomic E-state index is 14.4. The zero-order chi connectivity index (χ0) is 22.5. The number of hydrogen-bond acceptors (Lipinski definition) is 4. The van der Waals surface area contributed by atoms with Gasteiger partial charge in [0.15, 0.2) is 5.82 Å². The number of carbonyl (C=O) groups is 1. The minimum absolute atomic E-state index is 0.0964. The van der Waals surface area contributed by atoms with Crippen LogP contribution in [0, 0.1) is 5.82 Å². The fraction of sp³-hybridized carbons (Fsp3) is 0.348. The van der Waals surface area contributed by atoms with Crippen molar-refractivity contribution in [3.05, 3.63) is 70.6 Å². The number of benzene rings is 1. The fourth-order valence-electron chi connectivity index (χ4n) is 3.97. The predicted octanol–water partition coefficient (Wildman–Crippen LogP) is 5.58. The Balaban J connectivity index is 1.41. The van der Waals surface area contributed by atoms with E-state index in [1.54, 1.807) is 6.07 Å². The van der Waals surface area contributed by atoms with Crippen molar-refractivity contribution >= 4 is 5.91 Å². The van der Waals surface area contributed by atoms with Gasteiger partial charge in [0.25, 0.3) is 5.91 Å². The van der Waals surface area contributed by atoms with Gasteiger partial charge in [0.1, 0.15) is 5.76 Å². The van der Waals surface area contributed by atoms with Gasteiger partial charge < -0.3 is 9.73 Å². The maximum Gasteiger partial charge on any atom is 0.416 e. The first kappa shape index (κ1) is 20.7. The molecule has 3 aromatic rings. The number of nitrogens with zero attached hydrogens (tertiary/aromatic N) is 2. The second-order valence-corrected chi connectivity index (χ2v) is 8.19. The lowest BCUT2D eigenvalue weighted by molar-refractivity contribution is -0.137. The molecule has 0 spiro atoms. The number of pyridine rings is 1. The highest BCUT2D eigenvalue weighted by Crippen LogP contribution is 2.41. The summed E-state index contributed by atoms with van der Waals surface area (Å²) in [5.74, 6) is -0.318. The van der Waals surface area contributed by atoms with Crippen LogP contribution >= 0.6 is 0 Å². The molecule has 5 rings (SSSR count). The van der Waals surface area contributed by atoms with Gasteiger partial charge in [-0.2, -0.15) is 13.2 Å². The van der Waals surface area contributed by atoms with Gasteiger partial charge in [0.2, 0.25) is 5.89 Å². The molecule has 0 saturated heterocycles. The summed E-state index contributed by atoms with van der Waals surface area (Å²) >= 11 is 0. The molecule has 1 N–H and O–H groups in total. The third-order valence-corrected chi connectivity index (χ3v) is 5.81. The van der Waals surface area contributed by atoms with E-state index >= 15 is 0 Å². The summed E-state index contributed by atoms with van der Waals surface area (Å²) < 4.78 is 59.3. The Morgan fingerprint density at radius 1 is 1.16 bits per heavy atom. The predicted molar refractivity (Wildman–Crippen MR) is 106 cm³/mol. The van der Waals surface area contributed by atoms with E-state index < -0.39 is 29.5 Å². The molecule has 1 saturated carbocycles. The summed E-state index contributed by atoms with van der Waals surface area (Å²) in [7, 11) is 0. The van der Waals surface area contributed by atoms with Crippen LogP contribution in [0.1, 0.15) is 70.7 Å². The molecule has 32 heavy (non-hydrogen) atoms. The van der Waals surface area contributed by atoms with Gasteiger partial charge in [-0.15, -0.1) is 0 Å². The molecule has 1 fully saturated rings. The summed E-state index contributed by atoms with van der Waals surface area (Å²) in [5.41, 5.74) is 0.646. The number of amides is 1. The molecule has 2 aromatic heterocycles. The van der Waals surface area contributed by atoms with Crippen LogP contribution in [0.4, 0.5) is 17.6 Å². The van der Waals surface area contributed by atoms with E-state index in [9.17, 15) is 22.4 Å². The van der Waals surface area contributed by atoms with Crippen LogP contribution in [0.5, 0.6) is 0 Å². The Labute approximate surface area is 180 Å². The molecule has 1 amide bonds. The van der Waals surface area contributed by atoms with Crippen molar-refractivity contribution < 1.29 is 26.8 Å². The molecule has 0 aliphatic heterocycles. The summed E-state index contributed by atoms with van der Waals surface area (Å²) in [6.45, 7) is 0. The van der Waals surface area contributed by atoms with Crippen LogP contribution in [-0.4, -0.2) is 15.9 Å². The van der Waals surface area contributed by atoms with E-state index in [0.29, 0.717) is 36.6 Å². The molecule has 2 aliphatic rings. The number of rotatable bonds is 4. The Kier molecular flexibility index (Phi) is 4.98. The maximum atomic E-state index is 14.4. The van der Waals surface area contributed by atoms with E-state index in [0.717, 1.165) is 30.7 Å². The van der Waals surface area contributed by atoms with E-state index in [2.05, 4.69) is 15.3 Å². The lowest BCUT2D eigenvalue weighted by Gasteiger charge is -2.21. The molecule has 0 radical (unpaired) electrons. The fourth-order valence-corrected chi connectivity index (χ4v) is 3.97. The molecule has 0 bridgehead atoms. The van der Waals surface area contributed by atoms with Crippen molar-refractivity contribution in [1.29, 1.82) is 0 Å². The lowest BCUT2D eigenvalue weighted by atomic mass is 9.96. The van der Waals surface area contributed by atoms with Crippen molar-refractivity contribution in [2.24, 2.45) is 0 Å². The van der Waals surface area contributed by atoms with Crippen LogP contribution in [0.25, 0.3) is 11.5 Å². The molecular weight excluding hydrogens is 426 g/mol. The van der Waals surface area contributed by atoms with Crippen LogP contribution < -0.4 is 5.32 Å². The van der Waals surface area contributed by atoms with Crippen molar-refractivity contribution in [2.45, 2.75) is 50.2 Å². The van der Waals surface area contributed by atoms with Crippen molar-refractivity contribution in [2.75, 3.05) is 0 Å². The molecule has 1 unspecified atom stereocenters. The van der Waals surface area contributed by atoms with Gasteiger partial charge in [0, 0.05) is 17.2 Å². The standard InChI is InChI=1S/C23H19F4N3O2/c24-16-11-28-19(12-7-8-12)10-15(16)22-30-18-6-2-5-17(20(18)32-22)29-21(31)13-3-1-4-14(9-13)23(25,26)27/h1,3-4,9-12,17H,2,5-8H2,(H,29,31). The summed E-state index contributed by atoms with van der Waals surface area (Å²) in [6.07, 6.45) is 0.517. The van der Waals surface area contributed by atoms with Crippen molar-refractivity contribution in [3.63, 3.8) is 0 Å². The Bertz CT molecular complexity index is 1180. The second kappa shape index (κ2) is 7.72. The SMILES string of the molecule is O=C(NC1CCCc2nc(-c3cc(C4CC4)ncc3F)oc21)c1cccc(C(F)(F)F)c1. The number of nitrogens with one attached hydrogen (secondary N) is 1. The molecule has 9 heteroatoms. The van der Waals surface area contributed by atoms with E-state index in [-0.39, 0.29) is 17.0 Å². The minimum atomic E-state index is -4.54. The highest BCUT2D eigenvalue weighted by Gasteiger charge is 2.33. The van der Waals surface area contributed by atoms with Crippen LogP contribution in [0.2, 0.25) is 0 Å². The first-order chi connectivity index (χ1) is 15.3. The Morgan fingerprint density at radius 3 is 2.72 bits per heavy atom. The monoisotopic (exact) mass is 445 g/mol. The average Bonchev–Trinajstić information content (AvgIpc) is 3.52. The minimum Gasteiger partial charge on any atom is -0.439 e. The number of hydrogen-bond donors (Lipinski definition) is 1. The summed E-state index contributed by atoms with van der Waals surface area (Å²) in [5, 5.41) is 2.74. The van der Waals surface area contributed by atoms with E-state index in [1.165, 1.54) is 18.3 Å². The van der Waals surface area contributed by atoms with Gasteiger partial charge in [0.05, 0.1) is 29.1 Å². The van der Waals surface area contributed by atoms with Gasteiger partial charge in [-0.05, 0) is 56.4 Å². The van der Waals surface area contributed by atoms with Gasteiger partial charge >= 0.3 is 6.18 Å². The second-order valence-electron chi connectivity index (χ2n) is 8.19. The van der Waals surface area contributed by atoms with Gasteiger partial charge in [-0.3, -0.25) is 9.78 Å². The highest BCUT2D eigenvalue weighted by molar-refractivity contribution is 5.94. The van der Waals surface area contributed by atoms with Crippen molar-refractivity contribution in [1.82, 2.24) is 15.3 Å². The Hall–Kier alpha value is -3.23. The van der Waals surface area contributed by atoms with Crippen LogP contribution in [0.3, 0.4) is 0 Å². The number of carbonyl (C=O) groups excluding carboxylic acids is 1. The normalized spacial score (nSPS) is 18.3. The number of aryl methyl sites for hydroxylation is 1. The smallest absolute Gasteiger partial charge is 0.416 e. The number of fused-ring (bicyclic) bond motifs is 1. The largest absolute Gasteiger partial charge is 0.439 e. The first-order valence-corrected chi connectivity index (χ1v) is 10.4. The molecule has 2 heterocycles. The summed E-state index contributed by atoms with van der Waals surface area (Å²) in [4.78, 5) is 21.2. The third kappa shape index (κ3) is 3.99. The molecule has 5 nitrogen and oxygen atoms in total. The highest BCUT2D eigenvalue weighted by atomic mass is 19.4. The Morgan fingerprint density at radius 2 is 1.97 bits per heavy atom. The van der Waals surface area contributed by atoms with Crippen molar-refractivity contribution in [3.8, 4) is 11.5 Å². The first-order valence-electron chi connectivity index (χ1n) is 10.4. The topological polar surface area (TPSA) is 68.0 Å². The molecule has 2 aliphatic carbocycles. The van der Waals surface area contributed by atoms with E-state index in [1.807, 2.05) is 0 Å². The zero-order valence-corrected chi connectivity index (χ0v) is 16.9. The zero-order valence-electron chi connectivity index (χ0n) is 16.9. The lowest BCUT2D eigenvalue weighted by Crippen LogP contribution is -2.30. The molecule has 166 valence electrons. The number of halogens is 4. The van der Waals surface area contributed by atoms with E-state index in [4.69, 9.17) is 4.42 Å². The van der Waals surface area contributed by atoms with Crippen LogP contribution in [-0.2, 0) is 12.6 Å². The third-order valence-electron chi connectivity index (χ3n) is 5.81. The van der Waals surface area contributed by atoms with Gasteiger partial charge in [-0.1, -0.05) is 6.07 Å². The molecule has 1 aromatic carbocycles. The van der Waals surface area contributed by atoms with Gasteiger partial charge in [-0.25, -0.2) is 9.37 Å². The number of aromatic nitrogens is 2. The molecule has 1 atom stereocenters. The number of oxazole rings is 1. The van der Waals surface area contributed by atoms with Crippen LogP contribution in [0.15, 0.2) is 40.9 Å². The quantitative estimate of drug-likeness (QED) is 0.533.